The molecule has 0 amide bonds. The van der Waals surface area contributed by atoms with Crippen molar-refractivity contribution in [3.63, 3.8) is 0 Å². The minimum Gasteiger partial charge on any atom is -0.492 e. The Kier molecular flexibility index (Phi) is 4.70. The van der Waals surface area contributed by atoms with Crippen LogP contribution in [0.4, 0.5) is 5.69 Å². The average molecular weight is 290 g/mol. The Labute approximate surface area is 101 Å². The number of nitrogens with zero attached hydrogens (tertiary/aromatic N) is 1. The van der Waals surface area contributed by atoms with E-state index in [1.807, 2.05) is 6.92 Å². The first kappa shape index (κ1) is 12.9. The highest BCUT2D eigenvalue weighted by Crippen LogP contribution is 2.33. The Morgan fingerprint density at radius 2 is 2.31 bits per heavy atom. The molecule has 16 heavy (non-hydrogen) atoms. The SMILES string of the molecule is CC(CO)COc1cccc([N+](=O)[O-])c1Br. The van der Waals surface area contributed by atoms with E-state index in [1.165, 1.54) is 6.07 Å². The zero-order valence-corrected chi connectivity index (χ0v) is 10.3. The van der Waals surface area contributed by atoms with Gasteiger partial charge in [0.05, 0.1) is 11.5 Å². The Morgan fingerprint density at radius 3 is 2.88 bits per heavy atom. The van der Waals surface area contributed by atoms with Gasteiger partial charge in [0.15, 0.2) is 0 Å². The van der Waals surface area contributed by atoms with Gasteiger partial charge in [-0.2, -0.15) is 0 Å². The monoisotopic (exact) mass is 289 g/mol. The second-order valence-corrected chi connectivity index (χ2v) is 4.24. The van der Waals surface area contributed by atoms with Crippen LogP contribution in [0.2, 0.25) is 0 Å². The van der Waals surface area contributed by atoms with E-state index >= 15 is 0 Å². The highest BCUT2D eigenvalue weighted by atomic mass is 79.9. The maximum Gasteiger partial charge on any atom is 0.287 e. The van der Waals surface area contributed by atoms with Gasteiger partial charge in [0.25, 0.3) is 5.69 Å². The van der Waals surface area contributed by atoms with Crippen molar-refractivity contribution in [1.29, 1.82) is 0 Å². The molecule has 88 valence electrons. The number of hydrogen-bond acceptors (Lipinski definition) is 4. The van der Waals surface area contributed by atoms with Gasteiger partial charge < -0.3 is 9.84 Å². The molecule has 0 aromatic heterocycles. The molecular formula is C10H12BrNO4. The van der Waals surface area contributed by atoms with Crippen molar-refractivity contribution < 1.29 is 14.8 Å². The standard InChI is InChI=1S/C10H12BrNO4/c1-7(5-13)6-16-9-4-2-3-8(10(9)11)12(14)15/h2-4,7,13H,5-6H2,1H3. The summed E-state index contributed by atoms with van der Waals surface area (Å²) in [5, 5.41) is 19.5. The second-order valence-electron chi connectivity index (χ2n) is 3.45. The minimum atomic E-state index is -0.480. The zero-order chi connectivity index (χ0) is 12.1. The molecule has 0 aliphatic carbocycles. The van der Waals surface area contributed by atoms with Crippen LogP contribution in [0.5, 0.6) is 5.75 Å². The summed E-state index contributed by atoms with van der Waals surface area (Å²) in [5.41, 5.74) is -0.0332. The van der Waals surface area contributed by atoms with Crippen LogP contribution in [0.15, 0.2) is 22.7 Å². The van der Waals surface area contributed by atoms with Gasteiger partial charge in [0.2, 0.25) is 0 Å². The molecule has 0 radical (unpaired) electrons. The average Bonchev–Trinajstić information content (AvgIpc) is 2.26. The van der Waals surface area contributed by atoms with Crippen molar-refractivity contribution in [3.05, 3.63) is 32.8 Å². The van der Waals surface area contributed by atoms with Crippen molar-refractivity contribution in [2.24, 2.45) is 5.92 Å². The molecule has 1 atom stereocenters. The molecule has 1 N–H and O–H groups in total. The largest absolute Gasteiger partial charge is 0.492 e. The van der Waals surface area contributed by atoms with Gasteiger partial charge in [-0.3, -0.25) is 10.1 Å². The number of benzene rings is 1. The first-order valence-electron chi connectivity index (χ1n) is 4.72. The summed E-state index contributed by atoms with van der Waals surface area (Å²) in [6.07, 6.45) is 0. The molecule has 0 saturated carbocycles. The molecule has 0 saturated heterocycles. The van der Waals surface area contributed by atoms with E-state index in [4.69, 9.17) is 9.84 Å². The summed E-state index contributed by atoms with van der Waals surface area (Å²) in [6.45, 7) is 2.16. The third kappa shape index (κ3) is 3.18. The molecule has 0 aliphatic rings. The van der Waals surface area contributed by atoms with Gasteiger partial charge in [-0.25, -0.2) is 0 Å². The lowest BCUT2D eigenvalue weighted by Crippen LogP contribution is -2.12. The highest BCUT2D eigenvalue weighted by Gasteiger charge is 2.16. The number of nitro groups is 1. The van der Waals surface area contributed by atoms with Gasteiger partial charge >= 0.3 is 0 Å². The Balaban J connectivity index is 2.81. The van der Waals surface area contributed by atoms with Crippen LogP contribution in [0.3, 0.4) is 0 Å². The van der Waals surface area contributed by atoms with Gasteiger partial charge in [-0.15, -0.1) is 0 Å². The lowest BCUT2D eigenvalue weighted by atomic mass is 10.2. The minimum absolute atomic E-state index is 0.00818. The van der Waals surface area contributed by atoms with Crippen molar-refractivity contribution in [3.8, 4) is 5.75 Å². The fraction of sp³-hybridized carbons (Fsp3) is 0.400. The highest BCUT2D eigenvalue weighted by molar-refractivity contribution is 9.10. The summed E-state index contributed by atoms with van der Waals surface area (Å²) >= 11 is 3.12. The van der Waals surface area contributed by atoms with Crippen LogP contribution < -0.4 is 4.74 Å². The number of aliphatic hydroxyl groups is 1. The number of rotatable bonds is 5. The third-order valence-corrected chi connectivity index (χ3v) is 2.77. The number of nitro benzene ring substituents is 1. The molecule has 0 bridgehead atoms. The van der Waals surface area contributed by atoms with E-state index in [0.717, 1.165) is 0 Å². The molecule has 5 nitrogen and oxygen atoms in total. The molecule has 0 aliphatic heterocycles. The van der Waals surface area contributed by atoms with Gasteiger partial charge in [-0.1, -0.05) is 13.0 Å². The fourth-order valence-electron chi connectivity index (χ4n) is 1.04. The molecule has 1 unspecified atom stereocenters. The molecule has 1 aromatic rings. The van der Waals surface area contributed by atoms with E-state index in [1.54, 1.807) is 12.1 Å². The smallest absolute Gasteiger partial charge is 0.287 e. The summed E-state index contributed by atoms with van der Waals surface area (Å²) in [6, 6.07) is 4.59. The van der Waals surface area contributed by atoms with E-state index in [0.29, 0.717) is 16.8 Å². The van der Waals surface area contributed by atoms with Gasteiger partial charge in [0.1, 0.15) is 10.2 Å². The Hall–Kier alpha value is -1.14. The van der Waals surface area contributed by atoms with E-state index in [-0.39, 0.29) is 18.2 Å². The van der Waals surface area contributed by atoms with Crippen molar-refractivity contribution in [2.75, 3.05) is 13.2 Å². The van der Waals surface area contributed by atoms with Crippen LogP contribution in [-0.4, -0.2) is 23.2 Å². The quantitative estimate of drug-likeness (QED) is 0.667. The topological polar surface area (TPSA) is 72.6 Å². The van der Waals surface area contributed by atoms with Crippen LogP contribution in [0.25, 0.3) is 0 Å². The first-order valence-corrected chi connectivity index (χ1v) is 5.52. The summed E-state index contributed by atoms with van der Waals surface area (Å²) in [4.78, 5) is 10.2. The normalized spacial score (nSPS) is 12.2. The number of hydrogen-bond donors (Lipinski definition) is 1. The molecule has 1 rings (SSSR count). The zero-order valence-electron chi connectivity index (χ0n) is 8.72. The van der Waals surface area contributed by atoms with E-state index < -0.39 is 4.92 Å². The second kappa shape index (κ2) is 5.81. The molecular weight excluding hydrogens is 278 g/mol. The van der Waals surface area contributed by atoms with Crippen molar-refractivity contribution in [1.82, 2.24) is 0 Å². The summed E-state index contributed by atoms with van der Waals surface area (Å²) < 4.78 is 5.69. The molecule has 1 aromatic carbocycles. The molecule has 0 fully saturated rings. The Morgan fingerprint density at radius 1 is 1.62 bits per heavy atom. The summed E-state index contributed by atoms with van der Waals surface area (Å²) in [5.74, 6) is 0.403. The number of aliphatic hydroxyl groups excluding tert-OH is 1. The maximum atomic E-state index is 10.6. The number of ether oxygens (including phenoxy) is 1. The third-order valence-electron chi connectivity index (χ3n) is 1.97. The van der Waals surface area contributed by atoms with Crippen LogP contribution >= 0.6 is 15.9 Å². The van der Waals surface area contributed by atoms with Crippen LogP contribution in [0, 0.1) is 16.0 Å². The van der Waals surface area contributed by atoms with Crippen LogP contribution in [0.1, 0.15) is 6.92 Å². The lowest BCUT2D eigenvalue weighted by Gasteiger charge is -2.11. The molecule has 0 spiro atoms. The molecule has 0 heterocycles. The fourth-order valence-corrected chi connectivity index (χ4v) is 1.56. The molecule has 6 heteroatoms. The van der Waals surface area contributed by atoms with Crippen LogP contribution in [-0.2, 0) is 0 Å². The summed E-state index contributed by atoms with van der Waals surface area (Å²) in [7, 11) is 0. The maximum absolute atomic E-state index is 10.6. The van der Waals surface area contributed by atoms with E-state index in [2.05, 4.69) is 15.9 Å². The van der Waals surface area contributed by atoms with Crippen molar-refractivity contribution >= 4 is 21.6 Å². The predicted octanol–water partition coefficient (Wildman–Crippen LogP) is 2.36. The first-order chi connectivity index (χ1) is 7.56. The predicted molar refractivity (Wildman–Crippen MR) is 62.5 cm³/mol. The van der Waals surface area contributed by atoms with E-state index in [9.17, 15) is 10.1 Å². The lowest BCUT2D eigenvalue weighted by molar-refractivity contribution is -0.385. The van der Waals surface area contributed by atoms with Gasteiger partial charge in [-0.05, 0) is 22.0 Å². The van der Waals surface area contributed by atoms with Gasteiger partial charge in [0, 0.05) is 18.6 Å². The van der Waals surface area contributed by atoms with Crippen molar-refractivity contribution in [2.45, 2.75) is 6.92 Å². The number of halogens is 1. The Bertz CT molecular complexity index is 383.